The Morgan fingerprint density at radius 3 is 2.11 bits per heavy atom. The Kier molecular flexibility index (Phi) is 8.57. The molecule has 6 nitrogen and oxygen atoms in total. The number of alkyl halides is 3. The van der Waals surface area contributed by atoms with E-state index in [1.807, 2.05) is 13.8 Å². The molecule has 11 heteroatoms. The fraction of sp³-hybridized carbons (Fsp3) is 0.280. The highest BCUT2D eigenvalue weighted by Crippen LogP contribution is 2.32. The second-order valence-corrected chi connectivity index (χ2v) is 10.7. The van der Waals surface area contributed by atoms with E-state index < -0.39 is 40.3 Å². The molecular weight excluding hydrogens is 513 g/mol. The highest BCUT2D eigenvalue weighted by molar-refractivity contribution is 7.72. The van der Waals surface area contributed by atoms with Gasteiger partial charge in [0.15, 0.2) is 10.7 Å². The number of hydrogen-bond acceptors (Lipinski definition) is 5. The summed E-state index contributed by atoms with van der Waals surface area (Å²) in [5, 5.41) is 5.24. The average molecular weight is 539 g/mol. The number of aryl methyl sites for hydroxylation is 2. The van der Waals surface area contributed by atoms with Crippen LogP contribution in [0.5, 0.6) is 0 Å². The molecule has 0 saturated carbocycles. The number of rotatable bonds is 8. The van der Waals surface area contributed by atoms with Gasteiger partial charge in [0.2, 0.25) is 0 Å². The molecule has 1 atom stereocenters. The SMILES string of the molecule is Cc1sc(C)c(C(=O)N[C@@H](C)c2ccc(C(=O)NC[SH](=O)=O)cc2)c1Cc1ccc(C(F)(F)F)cc1. The zero-order valence-electron chi connectivity index (χ0n) is 19.7. The molecule has 2 amide bonds. The summed E-state index contributed by atoms with van der Waals surface area (Å²) in [6.07, 6.45) is -4.08. The van der Waals surface area contributed by atoms with Crippen molar-refractivity contribution < 1.29 is 31.2 Å². The van der Waals surface area contributed by atoms with E-state index >= 15 is 0 Å². The molecule has 0 aliphatic heterocycles. The molecule has 3 aromatic rings. The van der Waals surface area contributed by atoms with Crippen LogP contribution in [0.15, 0.2) is 48.5 Å². The minimum Gasteiger partial charge on any atom is -0.345 e. The van der Waals surface area contributed by atoms with Gasteiger partial charge in [-0.15, -0.1) is 11.3 Å². The van der Waals surface area contributed by atoms with Gasteiger partial charge in [-0.05, 0) is 68.1 Å². The predicted molar refractivity (Wildman–Crippen MR) is 133 cm³/mol. The number of halogens is 3. The minimum atomic E-state index is -4.41. The van der Waals surface area contributed by atoms with Crippen LogP contribution in [0.3, 0.4) is 0 Å². The predicted octanol–water partition coefficient (Wildman–Crippen LogP) is 4.76. The van der Waals surface area contributed by atoms with Crippen molar-refractivity contribution in [2.45, 2.75) is 39.4 Å². The zero-order valence-corrected chi connectivity index (χ0v) is 21.4. The molecule has 1 heterocycles. The first-order valence-corrected chi connectivity index (χ1v) is 13.1. The quantitative estimate of drug-likeness (QED) is 0.361. The molecule has 0 spiro atoms. The number of nitrogens with one attached hydrogen (secondary N) is 2. The van der Waals surface area contributed by atoms with Gasteiger partial charge in [-0.3, -0.25) is 9.59 Å². The average Bonchev–Trinajstić information content (AvgIpc) is 3.09. The van der Waals surface area contributed by atoms with Gasteiger partial charge in [0.05, 0.1) is 17.2 Å². The molecule has 2 N–H and O–H groups in total. The van der Waals surface area contributed by atoms with Crippen molar-refractivity contribution in [1.29, 1.82) is 0 Å². The Morgan fingerprint density at radius 1 is 0.944 bits per heavy atom. The fourth-order valence-corrected chi connectivity index (χ4v) is 5.12. The summed E-state index contributed by atoms with van der Waals surface area (Å²) >= 11 is 1.46. The van der Waals surface area contributed by atoms with Gasteiger partial charge in [0.1, 0.15) is 5.88 Å². The first-order valence-electron chi connectivity index (χ1n) is 10.9. The van der Waals surface area contributed by atoms with Gasteiger partial charge >= 0.3 is 6.18 Å². The van der Waals surface area contributed by atoms with Crippen LogP contribution in [0.25, 0.3) is 0 Å². The van der Waals surface area contributed by atoms with Crippen molar-refractivity contribution in [2.75, 3.05) is 5.88 Å². The van der Waals surface area contributed by atoms with E-state index in [1.165, 1.54) is 23.5 Å². The van der Waals surface area contributed by atoms with Crippen molar-refractivity contribution in [1.82, 2.24) is 10.6 Å². The third-order valence-corrected chi connectivity index (χ3v) is 7.14. The van der Waals surface area contributed by atoms with Crippen LogP contribution in [0.4, 0.5) is 13.2 Å². The highest BCUT2D eigenvalue weighted by Gasteiger charge is 2.30. The summed E-state index contributed by atoms with van der Waals surface area (Å²) in [5.74, 6) is -1.27. The highest BCUT2D eigenvalue weighted by atomic mass is 32.2. The van der Waals surface area contributed by atoms with E-state index in [4.69, 9.17) is 0 Å². The summed E-state index contributed by atoms with van der Waals surface area (Å²) in [6.45, 7) is 5.50. The van der Waals surface area contributed by atoms with Crippen LogP contribution < -0.4 is 10.6 Å². The van der Waals surface area contributed by atoms with Crippen molar-refractivity contribution in [2.24, 2.45) is 0 Å². The molecule has 36 heavy (non-hydrogen) atoms. The Balaban J connectivity index is 1.74. The number of hydrogen-bond donors (Lipinski definition) is 3. The third-order valence-electron chi connectivity index (χ3n) is 5.66. The van der Waals surface area contributed by atoms with Crippen molar-refractivity contribution >= 4 is 33.9 Å². The maximum atomic E-state index is 13.2. The van der Waals surface area contributed by atoms with Crippen LogP contribution in [0.1, 0.15) is 65.7 Å². The van der Waals surface area contributed by atoms with Gasteiger partial charge in [-0.25, -0.2) is 8.42 Å². The minimum absolute atomic E-state index is 0.289. The monoisotopic (exact) mass is 538 g/mol. The molecule has 0 aliphatic rings. The Morgan fingerprint density at radius 2 is 1.56 bits per heavy atom. The van der Waals surface area contributed by atoms with Crippen LogP contribution in [0.2, 0.25) is 0 Å². The van der Waals surface area contributed by atoms with Gasteiger partial charge in [-0.1, -0.05) is 24.3 Å². The standard InChI is InChI=1S/C25H25F3N2O4S2/c1-14(18-6-8-19(9-7-18)23(31)29-13-36(33)34)30-24(32)22-16(3)35-15(2)21(22)12-17-4-10-20(11-5-17)25(26,27)28/h4-11,14,36H,12-13H2,1-3H3,(H,29,31)(H,30,32)/t14-/m0/s1. The second-order valence-electron chi connectivity index (χ2n) is 8.25. The molecule has 0 bridgehead atoms. The van der Waals surface area contributed by atoms with Crippen molar-refractivity contribution in [3.63, 3.8) is 0 Å². The van der Waals surface area contributed by atoms with E-state index in [9.17, 15) is 31.2 Å². The largest absolute Gasteiger partial charge is 0.416 e. The Hall–Kier alpha value is -3.18. The number of thiophene rings is 1. The maximum Gasteiger partial charge on any atom is 0.416 e. The molecule has 0 saturated heterocycles. The summed E-state index contributed by atoms with van der Waals surface area (Å²) in [5.41, 5.74) is 2.25. The van der Waals surface area contributed by atoms with E-state index in [0.717, 1.165) is 33.0 Å². The maximum absolute atomic E-state index is 13.2. The second kappa shape index (κ2) is 11.3. The molecule has 0 radical (unpaired) electrons. The number of amides is 2. The molecule has 1 aromatic heterocycles. The van der Waals surface area contributed by atoms with Crippen molar-refractivity contribution in [3.8, 4) is 0 Å². The number of benzene rings is 2. The third kappa shape index (κ3) is 6.73. The van der Waals surface area contributed by atoms with Gasteiger partial charge in [0.25, 0.3) is 11.8 Å². The van der Waals surface area contributed by atoms with E-state index in [2.05, 4.69) is 10.6 Å². The van der Waals surface area contributed by atoms with Crippen LogP contribution in [-0.4, -0.2) is 26.1 Å². The lowest BCUT2D eigenvalue weighted by molar-refractivity contribution is -0.137. The molecule has 192 valence electrons. The van der Waals surface area contributed by atoms with Crippen LogP contribution in [-0.2, 0) is 23.3 Å². The molecule has 0 aliphatic carbocycles. The molecule has 0 unspecified atom stereocenters. The van der Waals surface area contributed by atoms with E-state index in [0.29, 0.717) is 17.5 Å². The van der Waals surface area contributed by atoms with E-state index in [-0.39, 0.29) is 11.5 Å². The van der Waals surface area contributed by atoms with Gasteiger partial charge < -0.3 is 10.6 Å². The fourth-order valence-electron chi connectivity index (χ4n) is 3.77. The molecular formula is C25H25F3N2O4S2. The normalized spacial score (nSPS) is 12.4. The molecule has 0 fully saturated rings. The van der Waals surface area contributed by atoms with Gasteiger partial charge in [-0.2, -0.15) is 13.2 Å². The van der Waals surface area contributed by atoms with Crippen molar-refractivity contribution in [3.05, 3.63) is 91.7 Å². The molecule has 3 rings (SSSR count). The first kappa shape index (κ1) is 27.4. The lowest BCUT2D eigenvalue weighted by Crippen LogP contribution is -2.28. The van der Waals surface area contributed by atoms with E-state index in [1.54, 1.807) is 31.2 Å². The number of thiol groups is 1. The number of carbonyl (C=O) groups is 2. The summed E-state index contributed by atoms with van der Waals surface area (Å²) < 4.78 is 59.9. The summed E-state index contributed by atoms with van der Waals surface area (Å²) in [6, 6.07) is 11.0. The lowest BCUT2D eigenvalue weighted by Gasteiger charge is -2.16. The Labute approximate surface area is 212 Å². The van der Waals surface area contributed by atoms with Crippen LogP contribution >= 0.6 is 11.3 Å². The Bertz CT molecular complexity index is 1320. The summed E-state index contributed by atoms with van der Waals surface area (Å²) in [4.78, 5) is 26.9. The topological polar surface area (TPSA) is 92.3 Å². The van der Waals surface area contributed by atoms with Crippen LogP contribution in [0, 0.1) is 13.8 Å². The first-order chi connectivity index (χ1) is 16.9. The lowest BCUT2D eigenvalue weighted by atomic mass is 9.98. The molecule has 2 aromatic carbocycles. The summed E-state index contributed by atoms with van der Waals surface area (Å²) in [7, 11) is -2.72. The zero-order chi connectivity index (χ0) is 26.6. The smallest absolute Gasteiger partial charge is 0.345 e. The van der Waals surface area contributed by atoms with Gasteiger partial charge in [0, 0.05) is 15.3 Å². The number of carbonyl (C=O) groups excluding carboxylic acids is 2.